The van der Waals surface area contributed by atoms with E-state index < -0.39 is 12.6 Å². The summed E-state index contributed by atoms with van der Waals surface area (Å²) in [5.41, 5.74) is 1.86. The molecule has 132 valence electrons. The molecule has 0 radical (unpaired) electrons. The molecule has 2 aromatic rings. The summed E-state index contributed by atoms with van der Waals surface area (Å²) in [5.74, 6) is 0.784. The highest BCUT2D eigenvalue weighted by molar-refractivity contribution is 8.05. The summed E-state index contributed by atoms with van der Waals surface area (Å²) in [6.07, 6.45) is 0.768. The van der Waals surface area contributed by atoms with Crippen LogP contribution in [0.25, 0.3) is 0 Å². The molecule has 0 aliphatic carbocycles. The number of benzene rings is 2. The van der Waals surface area contributed by atoms with Crippen LogP contribution in [0.4, 0.5) is 0 Å². The van der Waals surface area contributed by atoms with Crippen LogP contribution in [0.3, 0.4) is 0 Å². The molecule has 6 heteroatoms. The molecule has 0 bridgehead atoms. The van der Waals surface area contributed by atoms with Gasteiger partial charge in [-0.25, -0.2) is 0 Å². The highest BCUT2D eigenvalue weighted by Crippen LogP contribution is 2.60. The first-order valence-electron chi connectivity index (χ1n) is 8.26. The predicted octanol–water partition coefficient (Wildman–Crippen LogP) is 5.04. The highest BCUT2D eigenvalue weighted by atomic mass is 32.2. The van der Waals surface area contributed by atoms with Crippen LogP contribution in [-0.2, 0) is 31.6 Å². The maximum absolute atomic E-state index is 13.4. The van der Waals surface area contributed by atoms with Gasteiger partial charge in [0.05, 0.1) is 13.2 Å². The molecule has 1 atom stereocenters. The zero-order chi connectivity index (χ0) is 17.5. The summed E-state index contributed by atoms with van der Waals surface area (Å²) < 4.78 is 25.0. The van der Waals surface area contributed by atoms with Crippen molar-refractivity contribution in [2.24, 2.45) is 0 Å². The second-order valence-electron chi connectivity index (χ2n) is 5.88. The molecule has 1 aliphatic heterocycles. The van der Waals surface area contributed by atoms with E-state index in [0.717, 1.165) is 11.1 Å². The molecule has 1 aliphatic rings. The Kier molecular flexibility index (Phi) is 6.49. The smallest absolute Gasteiger partial charge is 0.303 e. The lowest BCUT2D eigenvalue weighted by Gasteiger charge is -2.28. The number of hydrogen-bond acceptors (Lipinski definition) is 5. The normalized spacial score (nSPS) is 18.2. The number of thioether (sulfide) groups is 1. The van der Waals surface area contributed by atoms with Crippen molar-refractivity contribution < 1.29 is 18.4 Å². The zero-order valence-electron chi connectivity index (χ0n) is 13.9. The molecule has 0 aromatic heterocycles. The van der Waals surface area contributed by atoms with Crippen LogP contribution in [0.15, 0.2) is 60.7 Å². The van der Waals surface area contributed by atoms with E-state index in [1.54, 1.807) is 0 Å². The van der Waals surface area contributed by atoms with Crippen molar-refractivity contribution in [3.63, 3.8) is 0 Å². The summed E-state index contributed by atoms with van der Waals surface area (Å²) in [5, 5.41) is 0. The minimum Gasteiger partial charge on any atom is -0.303 e. The van der Waals surface area contributed by atoms with Crippen LogP contribution in [0.5, 0.6) is 0 Å². The van der Waals surface area contributed by atoms with Crippen LogP contribution in [0.2, 0.25) is 0 Å². The molecule has 1 fully saturated rings. The number of carbonyl (C=O) groups excluding carboxylic acids is 1. The number of ketones is 1. The maximum atomic E-state index is 13.4. The van der Waals surface area contributed by atoms with Crippen LogP contribution in [0, 0.1) is 0 Å². The van der Waals surface area contributed by atoms with Crippen molar-refractivity contribution >= 4 is 25.1 Å². The van der Waals surface area contributed by atoms with E-state index in [0.29, 0.717) is 12.2 Å². The second-order valence-corrected chi connectivity index (χ2v) is 9.76. The summed E-state index contributed by atoms with van der Waals surface area (Å²) >= 11 is 1.51. The minimum atomic E-state index is -3.42. The monoisotopic (exact) mass is 376 g/mol. The van der Waals surface area contributed by atoms with E-state index in [-0.39, 0.29) is 25.4 Å². The molecule has 3 rings (SSSR count). The maximum Gasteiger partial charge on any atom is 0.344 e. The van der Waals surface area contributed by atoms with Gasteiger partial charge in [-0.05, 0) is 11.1 Å². The largest absolute Gasteiger partial charge is 0.344 e. The zero-order valence-corrected chi connectivity index (χ0v) is 15.6. The first kappa shape index (κ1) is 18.4. The quantitative estimate of drug-likeness (QED) is 0.634. The number of rotatable bonds is 7. The lowest BCUT2D eigenvalue weighted by Crippen LogP contribution is -2.20. The van der Waals surface area contributed by atoms with Crippen molar-refractivity contribution in [1.82, 2.24) is 0 Å². The Morgan fingerprint density at radius 2 is 1.44 bits per heavy atom. The lowest BCUT2D eigenvalue weighted by molar-refractivity contribution is -0.118. The molecular formula is C19H21O4PS. The van der Waals surface area contributed by atoms with Crippen molar-refractivity contribution in [1.29, 1.82) is 0 Å². The summed E-state index contributed by atoms with van der Waals surface area (Å²) in [6.45, 7) is 0.413. The van der Waals surface area contributed by atoms with Gasteiger partial charge in [0.2, 0.25) is 0 Å². The van der Waals surface area contributed by atoms with Gasteiger partial charge in [0.1, 0.15) is 10.8 Å². The Labute approximate surface area is 152 Å². The molecule has 0 N–H and O–H groups in total. The lowest BCUT2D eigenvalue weighted by atomic mass is 10.2. The SMILES string of the molecule is O=C1CCSC(P(=O)(OCc2ccccc2)OCc2ccccc2)C1. The number of carbonyl (C=O) groups is 1. The third-order valence-electron chi connectivity index (χ3n) is 3.95. The predicted molar refractivity (Wildman–Crippen MR) is 101 cm³/mol. The van der Waals surface area contributed by atoms with E-state index in [9.17, 15) is 9.36 Å². The Morgan fingerprint density at radius 1 is 0.920 bits per heavy atom. The molecule has 0 amide bonds. The third kappa shape index (κ3) is 5.29. The van der Waals surface area contributed by atoms with Crippen molar-refractivity contribution in [2.75, 3.05) is 5.75 Å². The molecule has 1 unspecified atom stereocenters. The van der Waals surface area contributed by atoms with E-state index in [1.807, 2.05) is 60.7 Å². The number of Topliss-reactive ketones (excluding diaryl/α,β-unsaturated/α-hetero) is 1. The fourth-order valence-corrected chi connectivity index (χ4v) is 6.37. The van der Waals surface area contributed by atoms with E-state index in [2.05, 4.69) is 0 Å². The highest BCUT2D eigenvalue weighted by Gasteiger charge is 2.40. The van der Waals surface area contributed by atoms with Gasteiger partial charge in [-0.15, -0.1) is 11.8 Å². The fraction of sp³-hybridized carbons (Fsp3) is 0.316. The van der Waals surface area contributed by atoms with Crippen molar-refractivity contribution in [3.8, 4) is 0 Å². The van der Waals surface area contributed by atoms with Crippen LogP contribution < -0.4 is 0 Å². The van der Waals surface area contributed by atoms with Gasteiger partial charge in [0, 0.05) is 18.6 Å². The molecular weight excluding hydrogens is 355 g/mol. The molecule has 25 heavy (non-hydrogen) atoms. The van der Waals surface area contributed by atoms with E-state index in [1.165, 1.54) is 11.8 Å². The topological polar surface area (TPSA) is 52.6 Å². The molecule has 2 aromatic carbocycles. The molecule has 0 spiro atoms. The Balaban J connectivity index is 1.72. The molecule has 4 nitrogen and oxygen atoms in total. The van der Waals surface area contributed by atoms with Gasteiger partial charge in [0.15, 0.2) is 0 Å². The minimum absolute atomic E-state index is 0.121. The van der Waals surface area contributed by atoms with Gasteiger partial charge in [-0.1, -0.05) is 60.7 Å². The first-order valence-corrected chi connectivity index (χ1v) is 10.9. The van der Waals surface area contributed by atoms with Gasteiger partial charge >= 0.3 is 7.60 Å². The van der Waals surface area contributed by atoms with Gasteiger partial charge in [-0.3, -0.25) is 9.36 Å². The second kappa shape index (κ2) is 8.81. The Hall–Kier alpha value is -1.39. The van der Waals surface area contributed by atoms with Crippen molar-refractivity contribution in [3.05, 3.63) is 71.8 Å². The standard InChI is InChI=1S/C19H21O4PS/c20-18-11-12-25-19(13-18)24(21,22-14-16-7-3-1-4-8-16)23-15-17-9-5-2-6-10-17/h1-10,19H,11-15H2. The summed E-state index contributed by atoms with van der Waals surface area (Å²) in [6, 6.07) is 19.2. The first-order chi connectivity index (χ1) is 12.2. The van der Waals surface area contributed by atoms with Gasteiger partial charge in [-0.2, -0.15) is 0 Å². The fourth-order valence-electron chi connectivity index (χ4n) is 2.55. The number of hydrogen-bond donors (Lipinski definition) is 0. The summed E-state index contributed by atoms with van der Waals surface area (Å²) in [4.78, 5) is 11.4. The van der Waals surface area contributed by atoms with Crippen LogP contribution >= 0.6 is 19.4 Å². The van der Waals surface area contributed by atoms with Crippen molar-refractivity contribution in [2.45, 2.75) is 31.0 Å². The average Bonchev–Trinajstić information content (AvgIpc) is 2.66. The molecule has 1 saturated heterocycles. The summed E-state index contributed by atoms with van der Waals surface area (Å²) in [7, 11) is -3.42. The van der Waals surface area contributed by atoms with E-state index in [4.69, 9.17) is 9.05 Å². The van der Waals surface area contributed by atoms with Crippen LogP contribution in [0.1, 0.15) is 24.0 Å². The Bertz CT molecular complexity index is 688. The van der Waals surface area contributed by atoms with Gasteiger partial charge < -0.3 is 9.05 Å². The molecule has 0 saturated carbocycles. The Morgan fingerprint density at radius 3 is 1.92 bits per heavy atom. The third-order valence-corrected chi connectivity index (χ3v) is 8.03. The van der Waals surface area contributed by atoms with Crippen LogP contribution in [-0.4, -0.2) is 16.5 Å². The van der Waals surface area contributed by atoms with E-state index >= 15 is 0 Å². The average molecular weight is 376 g/mol. The molecule has 1 heterocycles. The van der Waals surface area contributed by atoms with Gasteiger partial charge in [0.25, 0.3) is 0 Å².